The second-order valence-corrected chi connectivity index (χ2v) is 7.33. The third-order valence-corrected chi connectivity index (χ3v) is 5.38. The molecule has 0 aliphatic carbocycles. The summed E-state index contributed by atoms with van der Waals surface area (Å²) < 4.78 is 5.54. The summed E-state index contributed by atoms with van der Waals surface area (Å²) in [4.78, 5) is 14.2. The van der Waals surface area contributed by atoms with Crippen LogP contribution in [-0.4, -0.2) is 18.2 Å². The summed E-state index contributed by atoms with van der Waals surface area (Å²) in [5, 5.41) is 10.9. The first-order valence-corrected chi connectivity index (χ1v) is 7.97. The molecule has 0 spiro atoms. The molecule has 3 heterocycles. The van der Waals surface area contributed by atoms with Crippen molar-refractivity contribution in [2.45, 2.75) is 44.9 Å². The molecule has 22 heavy (non-hydrogen) atoms. The molecule has 4 rings (SSSR count). The van der Waals surface area contributed by atoms with Gasteiger partial charge in [0.1, 0.15) is 11.3 Å². The summed E-state index contributed by atoms with van der Waals surface area (Å²) in [6.07, 6.45) is 2.14. The van der Waals surface area contributed by atoms with E-state index in [0.717, 1.165) is 31.5 Å². The van der Waals surface area contributed by atoms with Gasteiger partial charge in [-0.2, -0.15) is 0 Å². The monoisotopic (exact) mass is 299 g/mol. The highest BCUT2D eigenvalue weighted by molar-refractivity contribution is 5.93. The molecule has 4 heteroatoms. The summed E-state index contributed by atoms with van der Waals surface area (Å²) >= 11 is 0. The molecule has 0 saturated carbocycles. The molecular formula is C18H21NO3. The minimum atomic E-state index is -0.488. The minimum Gasteiger partial charge on any atom is -0.507 e. The standard InChI is InChI=1S/C18H21NO3/c1-10-4-6-19-7-5-18(2,3)15-16(19)11(10)8-12-13(20)9-14(21)22-17(12)15/h8-10,20H,4-7H2,1-3H3. The number of benzene rings is 1. The predicted molar refractivity (Wildman–Crippen MR) is 87.0 cm³/mol. The summed E-state index contributed by atoms with van der Waals surface area (Å²) in [7, 11) is 0. The molecule has 2 aliphatic heterocycles. The van der Waals surface area contributed by atoms with Crippen LogP contribution in [0.1, 0.15) is 50.7 Å². The van der Waals surface area contributed by atoms with Gasteiger partial charge in [-0.05, 0) is 35.8 Å². The second-order valence-electron chi connectivity index (χ2n) is 7.33. The van der Waals surface area contributed by atoms with Crippen molar-refractivity contribution < 1.29 is 9.52 Å². The van der Waals surface area contributed by atoms with Gasteiger partial charge in [0.15, 0.2) is 0 Å². The van der Waals surface area contributed by atoms with E-state index < -0.39 is 5.63 Å². The number of fused-ring (bicyclic) bond motifs is 2. The molecule has 1 unspecified atom stereocenters. The fourth-order valence-electron chi connectivity index (χ4n) is 4.02. The number of nitrogens with zero attached hydrogens (tertiary/aromatic N) is 1. The highest BCUT2D eigenvalue weighted by Gasteiger charge is 2.39. The van der Waals surface area contributed by atoms with Crippen molar-refractivity contribution in [3.63, 3.8) is 0 Å². The lowest BCUT2D eigenvalue weighted by Crippen LogP contribution is -2.41. The van der Waals surface area contributed by atoms with Crippen LogP contribution in [0, 0.1) is 0 Å². The SMILES string of the molecule is CC1CCN2CCC(C)(C)c3c2c1cc1c(O)cc(=O)oc31. The number of anilines is 1. The number of rotatable bonds is 0. The maximum Gasteiger partial charge on any atom is 0.339 e. The Hall–Kier alpha value is -1.97. The van der Waals surface area contributed by atoms with Gasteiger partial charge in [-0.25, -0.2) is 4.79 Å². The van der Waals surface area contributed by atoms with Crippen molar-refractivity contribution in [1.29, 1.82) is 0 Å². The zero-order valence-corrected chi connectivity index (χ0v) is 13.3. The van der Waals surface area contributed by atoms with Gasteiger partial charge in [-0.1, -0.05) is 20.8 Å². The van der Waals surface area contributed by atoms with Crippen LogP contribution in [0.3, 0.4) is 0 Å². The van der Waals surface area contributed by atoms with Gasteiger partial charge in [0, 0.05) is 24.3 Å². The predicted octanol–water partition coefficient (Wildman–Crippen LogP) is 3.49. The van der Waals surface area contributed by atoms with E-state index >= 15 is 0 Å². The highest BCUT2D eigenvalue weighted by atomic mass is 16.4. The van der Waals surface area contributed by atoms with Crippen molar-refractivity contribution in [2.24, 2.45) is 0 Å². The Kier molecular flexibility index (Phi) is 2.66. The van der Waals surface area contributed by atoms with Crippen LogP contribution in [0.25, 0.3) is 11.0 Å². The van der Waals surface area contributed by atoms with Gasteiger partial charge in [-0.15, -0.1) is 0 Å². The van der Waals surface area contributed by atoms with Crippen LogP contribution in [0.15, 0.2) is 21.3 Å². The van der Waals surface area contributed by atoms with Crippen molar-refractivity contribution in [3.05, 3.63) is 33.7 Å². The fourth-order valence-corrected chi connectivity index (χ4v) is 4.02. The Morgan fingerprint density at radius 1 is 1.32 bits per heavy atom. The average molecular weight is 299 g/mol. The number of hydrogen-bond donors (Lipinski definition) is 1. The van der Waals surface area contributed by atoms with Crippen LogP contribution >= 0.6 is 0 Å². The molecule has 1 N–H and O–H groups in total. The van der Waals surface area contributed by atoms with Gasteiger partial charge >= 0.3 is 5.63 Å². The summed E-state index contributed by atoms with van der Waals surface area (Å²) in [5.74, 6) is 0.477. The molecule has 4 nitrogen and oxygen atoms in total. The first-order chi connectivity index (χ1) is 10.4. The van der Waals surface area contributed by atoms with Gasteiger partial charge in [-0.3, -0.25) is 0 Å². The van der Waals surface area contributed by atoms with E-state index in [1.807, 2.05) is 6.07 Å². The van der Waals surface area contributed by atoms with Gasteiger partial charge in [0.25, 0.3) is 0 Å². The van der Waals surface area contributed by atoms with E-state index in [1.54, 1.807) is 0 Å². The molecule has 2 aromatic rings. The summed E-state index contributed by atoms with van der Waals surface area (Å²) in [6, 6.07) is 3.19. The highest BCUT2D eigenvalue weighted by Crippen LogP contribution is 2.50. The van der Waals surface area contributed by atoms with E-state index in [0.29, 0.717) is 16.9 Å². The molecule has 1 atom stereocenters. The second kappa shape index (κ2) is 4.28. The van der Waals surface area contributed by atoms with E-state index in [-0.39, 0.29) is 11.2 Å². The lowest BCUT2D eigenvalue weighted by atomic mass is 9.73. The Balaban J connectivity index is 2.21. The number of hydrogen-bond acceptors (Lipinski definition) is 4. The third-order valence-electron chi connectivity index (χ3n) is 5.38. The largest absolute Gasteiger partial charge is 0.507 e. The van der Waals surface area contributed by atoms with Crippen molar-refractivity contribution >= 4 is 16.7 Å². The maximum atomic E-state index is 11.8. The Bertz CT molecular complexity index is 834. The molecule has 116 valence electrons. The molecule has 0 radical (unpaired) electrons. The zero-order valence-electron chi connectivity index (χ0n) is 13.3. The zero-order chi connectivity index (χ0) is 15.6. The smallest absolute Gasteiger partial charge is 0.339 e. The Morgan fingerprint density at radius 3 is 2.86 bits per heavy atom. The van der Waals surface area contributed by atoms with Gasteiger partial charge in [0.05, 0.1) is 11.5 Å². The number of aromatic hydroxyl groups is 1. The van der Waals surface area contributed by atoms with E-state index in [1.165, 1.54) is 17.3 Å². The lowest BCUT2D eigenvalue weighted by molar-refractivity contribution is 0.427. The lowest BCUT2D eigenvalue weighted by Gasteiger charge is -2.45. The van der Waals surface area contributed by atoms with Crippen molar-refractivity contribution in [1.82, 2.24) is 0 Å². The molecule has 2 aliphatic rings. The van der Waals surface area contributed by atoms with Crippen LogP contribution in [0.5, 0.6) is 5.75 Å². The van der Waals surface area contributed by atoms with Crippen molar-refractivity contribution in [3.8, 4) is 5.75 Å². The fraction of sp³-hybridized carbons (Fsp3) is 0.500. The molecule has 0 bridgehead atoms. The van der Waals surface area contributed by atoms with Crippen LogP contribution < -0.4 is 10.5 Å². The van der Waals surface area contributed by atoms with Crippen LogP contribution in [0.4, 0.5) is 5.69 Å². The normalized spacial score (nSPS) is 22.7. The van der Waals surface area contributed by atoms with Gasteiger partial charge in [0.2, 0.25) is 0 Å². The van der Waals surface area contributed by atoms with E-state index in [4.69, 9.17) is 4.42 Å². The molecule has 0 fully saturated rings. The molecule has 0 saturated heterocycles. The molecular weight excluding hydrogens is 278 g/mol. The van der Waals surface area contributed by atoms with E-state index in [2.05, 4.69) is 25.7 Å². The first kappa shape index (κ1) is 13.7. The minimum absolute atomic E-state index is 0.0241. The first-order valence-electron chi connectivity index (χ1n) is 7.97. The Morgan fingerprint density at radius 2 is 2.09 bits per heavy atom. The summed E-state index contributed by atoms with van der Waals surface area (Å²) in [5.41, 5.74) is 3.60. The van der Waals surface area contributed by atoms with E-state index in [9.17, 15) is 9.90 Å². The topological polar surface area (TPSA) is 53.7 Å². The van der Waals surface area contributed by atoms with Crippen LogP contribution in [0.2, 0.25) is 0 Å². The summed E-state index contributed by atoms with van der Waals surface area (Å²) in [6.45, 7) is 8.71. The van der Waals surface area contributed by atoms with Gasteiger partial charge < -0.3 is 14.4 Å². The molecule has 0 amide bonds. The van der Waals surface area contributed by atoms with Crippen LogP contribution in [-0.2, 0) is 5.41 Å². The molecule has 1 aromatic heterocycles. The Labute approximate surface area is 129 Å². The average Bonchev–Trinajstić information content (AvgIpc) is 2.44. The molecule has 1 aromatic carbocycles. The maximum absolute atomic E-state index is 11.8. The van der Waals surface area contributed by atoms with Crippen molar-refractivity contribution in [2.75, 3.05) is 18.0 Å². The third kappa shape index (κ3) is 1.73. The quantitative estimate of drug-likeness (QED) is 0.757.